The summed E-state index contributed by atoms with van der Waals surface area (Å²) in [6.45, 7) is 2.08. The summed E-state index contributed by atoms with van der Waals surface area (Å²) in [6.07, 6.45) is 1.22. The van der Waals surface area contributed by atoms with Crippen LogP contribution in [0.3, 0.4) is 0 Å². The number of benzene rings is 1. The third kappa shape index (κ3) is 3.05. The van der Waals surface area contributed by atoms with Gasteiger partial charge in [0.05, 0.1) is 10.9 Å². The average Bonchev–Trinajstić information content (AvgIpc) is 2.76. The van der Waals surface area contributed by atoms with Crippen LogP contribution in [-0.4, -0.2) is 21.7 Å². The van der Waals surface area contributed by atoms with Gasteiger partial charge in [-0.1, -0.05) is 12.1 Å². The zero-order valence-electron chi connectivity index (χ0n) is 11.2. The molecule has 102 valence electrons. The van der Waals surface area contributed by atoms with E-state index in [4.69, 9.17) is 0 Å². The molecule has 5 heteroatoms. The molecule has 1 heterocycles. The van der Waals surface area contributed by atoms with E-state index in [0.29, 0.717) is 4.90 Å². The molecule has 0 amide bonds. The third-order valence-corrected chi connectivity index (χ3v) is 5.31. The lowest BCUT2D eigenvalue weighted by Gasteiger charge is -2.16. The summed E-state index contributed by atoms with van der Waals surface area (Å²) in [5.41, 5.74) is 2.32. The molecule has 2 rings (SSSR count). The van der Waals surface area contributed by atoms with Gasteiger partial charge in [0.15, 0.2) is 9.84 Å². The van der Waals surface area contributed by atoms with Gasteiger partial charge in [-0.15, -0.1) is 11.3 Å². The van der Waals surface area contributed by atoms with Crippen molar-refractivity contribution in [2.24, 2.45) is 0 Å². The van der Waals surface area contributed by atoms with Crippen LogP contribution in [0.1, 0.15) is 22.0 Å². The predicted octanol–water partition coefficient (Wildman–Crippen LogP) is 2.77. The van der Waals surface area contributed by atoms with Crippen LogP contribution in [0, 0.1) is 6.92 Å². The quantitative estimate of drug-likeness (QED) is 0.943. The van der Waals surface area contributed by atoms with Crippen LogP contribution in [0.25, 0.3) is 0 Å². The molecule has 1 unspecified atom stereocenters. The van der Waals surface area contributed by atoms with Gasteiger partial charge in [-0.05, 0) is 48.7 Å². The second-order valence-corrected chi connectivity index (χ2v) is 7.49. The molecule has 0 saturated carbocycles. The summed E-state index contributed by atoms with van der Waals surface area (Å²) in [7, 11) is -1.22. The molecule has 2 aromatic rings. The first-order valence-corrected chi connectivity index (χ1v) is 8.72. The lowest BCUT2D eigenvalue weighted by atomic mass is 10.0. The Kier molecular flexibility index (Phi) is 4.08. The van der Waals surface area contributed by atoms with Gasteiger partial charge in [0.1, 0.15) is 0 Å². The Morgan fingerprint density at radius 2 is 1.79 bits per heavy atom. The Bertz CT molecular complexity index is 657. The smallest absolute Gasteiger partial charge is 0.175 e. The molecule has 1 N–H and O–H groups in total. The lowest BCUT2D eigenvalue weighted by molar-refractivity contribution is 0.601. The van der Waals surface area contributed by atoms with Crippen LogP contribution in [0.2, 0.25) is 0 Å². The van der Waals surface area contributed by atoms with Gasteiger partial charge in [-0.2, -0.15) is 0 Å². The van der Waals surface area contributed by atoms with E-state index in [1.165, 1.54) is 16.7 Å². The molecule has 0 aliphatic heterocycles. The van der Waals surface area contributed by atoms with Crippen molar-refractivity contribution >= 4 is 21.2 Å². The molecule has 0 aliphatic carbocycles. The van der Waals surface area contributed by atoms with Gasteiger partial charge in [0.25, 0.3) is 0 Å². The van der Waals surface area contributed by atoms with E-state index in [0.717, 1.165) is 5.56 Å². The van der Waals surface area contributed by atoms with Crippen LogP contribution in [0.15, 0.2) is 40.6 Å². The first kappa shape index (κ1) is 14.2. The maximum absolute atomic E-state index is 11.5. The van der Waals surface area contributed by atoms with E-state index >= 15 is 0 Å². The summed E-state index contributed by atoms with van der Waals surface area (Å²) in [6, 6.07) is 9.27. The van der Waals surface area contributed by atoms with Gasteiger partial charge in [0, 0.05) is 11.1 Å². The monoisotopic (exact) mass is 295 g/mol. The molecule has 0 radical (unpaired) electrons. The molecule has 19 heavy (non-hydrogen) atoms. The summed E-state index contributed by atoms with van der Waals surface area (Å²) < 4.78 is 22.9. The highest BCUT2D eigenvalue weighted by Gasteiger charge is 2.16. The Morgan fingerprint density at radius 1 is 1.16 bits per heavy atom. The standard InChI is InChI=1S/C14H17NO2S2/c1-10-8-9-18-14(10)13(15-2)11-4-6-12(7-5-11)19(3,16)17/h4-9,13,15H,1-3H3. The fourth-order valence-corrected chi connectivity index (χ4v) is 3.73. The van der Waals surface area contributed by atoms with Crippen molar-refractivity contribution in [2.75, 3.05) is 13.3 Å². The second kappa shape index (κ2) is 5.45. The molecule has 3 nitrogen and oxygen atoms in total. The SMILES string of the molecule is CNC(c1ccc(S(C)(=O)=O)cc1)c1sccc1C. The zero-order valence-corrected chi connectivity index (χ0v) is 12.8. The molecule has 1 aromatic heterocycles. The van der Waals surface area contributed by atoms with Gasteiger partial charge in [-0.3, -0.25) is 0 Å². The first-order chi connectivity index (χ1) is 8.93. The Balaban J connectivity index is 2.38. The number of hydrogen-bond acceptors (Lipinski definition) is 4. The lowest BCUT2D eigenvalue weighted by Crippen LogP contribution is -2.17. The molecule has 1 aromatic carbocycles. The van der Waals surface area contributed by atoms with Crippen molar-refractivity contribution in [3.63, 3.8) is 0 Å². The second-order valence-electron chi connectivity index (χ2n) is 4.53. The fraction of sp³-hybridized carbons (Fsp3) is 0.286. The molecular weight excluding hydrogens is 278 g/mol. The minimum absolute atomic E-state index is 0.105. The van der Waals surface area contributed by atoms with E-state index < -0.39 is 9.84 Å². The van der Waals surface area contributed by atoms with Crippen molar-refractivity contribution in [2.45, 2.75) is 17.9 Å². The number of thiophene rings is 1. The average molecular weight is 295 g/mol. The van der Waals surface area contributed by atoms with Crippen molar-refractivity contribution in [3.8, 4) is 0 Å². The fourth-order valence-electron chi connectivity index (χ4n) is 2.04. The van der Waals surface area contributed by atoms with Crippen molar-refractivity contribution in [1.29, 1.82) is 0 Å². The highest BCUT2D eigenvalue weighted by atomic mass is 32.2. The van der Waals surface area contributed by atoms with E-state index in [1.807, 2.05) is 19.2 Å². The van der Waals surface area contributed by atoms with E-state index in [2.05, 4.69) is 23.7 Å². The Hall–Kier alpha value is -1.17. The topological polar surface area (TPSA) is 46.2 Å². The largest absolute Gasteiger partial charge is 0.309 e. The molecule has 0 saturated heterocycles. The third-order valence-electron chi connectivity index (χ3n) is 3.09. The van der Waals surface area contributed by atoms with Gasteiger partial charge in [-0.25, -0.2) is 8.42 Å². The number of sulfone groups is 1. The van der Waals surface area contributed by atoms with Crippen molar-refractivity contribution in [1.82, 2.24) is 5.32 Å². The minimum Gasteiger partial charge on any atom is -0.309 e. The maximum atomic E-state index is 11.5. The normalized spacial score (nSPS) is 13.4. The molecule has 0 spiro atoms. The minimum atomic E-state index is -3.13. The van der Waals surface area contributed by atoms with E-state index in [-0.39, 0.29) is 6.04 Å². The summed E-state index contributed by atoms with van der Waals surface area (Å²) in [5, 5.41) is 5.35. The van der Waals surface area contributed by atoms with Crippen molar-refractivity contribution < 1.29 is 8.42 Å². The van der Waals surface area contributed by atoms with E-state index in [1.54, 1.807) is 23.5 Å². The number of rotatable bonds is 4. The van der Waals surface area contributed by atoms with Gasteiger partial charge >= 0.3 is 0 Å². The Morgan fingerprint density at radius 3 is 2.21 bits per heavy atom. The first-order valence-electron chi connectivity index (χ1n) is 5.94. The molecule has 0 fully saturated rings. The molecule has 0 bridgehead atoms. The number of aryl methyl sites for hydroxylation is 1. The van der Waals surface area contributed by atoms with Gasteiger partial charge < -0.3 is 5.32 Å². The summed E-state index contributed by atoms with van der Waals surface area (Å²) in [4.78, 5) is 1.61. The highest BCUT2D eigenvalue weighted by Crippen LogP contribution is 2.29. The van der Waals surface area contributed by atoms with Crippen LogP contribution >= 0.6 is 11.3 Å². The van der Waals surface area contributed by atoms with Crippen LogP contribution < -0.4 is 5.32 Å². The summed E-state index contributed by atoms with van der Waals surface area (Å²) >= 11 is 1.71. The number of hydrogen-bond donors (Lipinski definition) is 1. The van der Waals surface area contributed by atoms with Crippen molar-refractivity contribution in [3.05, 3.63) is 51.7 Å². The summed E-state index contributed by atoms with van der Waals surface area (Å²) in [5.74, 6) is 0. The number of nitrogens with one attached hydrogen (secondary N) is 1. The molecule has 0 aliphatic rings. The molecular formula is C14H17NO2S2. The van der Waals surface area contributed by atoms with Crippen LogP contribution in [-0.2, 0) is 9.84 Å². The maximum Gasteiger partial charge on any atom is 0.175 e. The van der Waals surface area contributed by atoms with Crippen LogP contribution in [0.4, 0.5) is 0 Å². The van der Waals surface area contributed by atoms with E-state index in [9.17, 15) is 8.42 Å². The zero-order chi connectivity index (χ0) is 14.0. The predicted molar refractivity (Wildman–Crippen MR) is 79.5 cm³/mol. The highest BCUT2D eigenvalue weighted by molar-refractivity contribution is 7.90. The van der Waals surface area contributed by atoms with Gasteiger partial charge in [0.2, 0.25) is 0 Å². The van der Waals surface area contributed by atoms with Crippen LogP contribution in [0.5, 0.6) is 0 Å². The Labute approximate surface area is 118 Å². The molecule has 1 atom stereocenters.